The fourth-order valence-corrected chi connectivity index (χ4v) is 4.28. The van der Waals surface area contributed by atoms with Crippen molar-refractivity contribution in [2.45, 2.75) is 40.0 Å². The summed E-state index contributed by atoms with van der Waals surface area (Å²) < 4.78 is 18.6. The first-order valence-electron chi connectivity index (χ1n) is 10.1. The van der Waals surface area contributed by atoms with Crippen LogP contribution in [0.3, 0.4) is 0 Å². The van der Waals surface area contributed by atoms with Gasteiger partial charge < -0.3 is 14.3 Å². The monoisotopic (exact) mass is 385 g/mol. The first-order valence-corrected chi connectivity index (χ1v) is 10.1. The number of fused-ring (bicyclic) bond motifs is 1. The maximum atomic E-state index is 13.1. The van der Waals surface area contributed by atoms with Crippen LogP contribution in [0.4, 0.5) is 10.1 Å². The van der Waals surface area contributed by atoms with E-state index in [2.05, 4.69) is 30.8 Å². The zero-order valence-electron chi connectivity index (χ0n) is 16.9. The highest BCUT2D eigenvalue weighted by atomic mass is 19.1. The van der Waals surface area contributed by atoms with Crippen molar-refractivity contribution in [3.63, 3.8) is 0 Å². The Kier molecular flexibility index (Phi) is 4.89. The molecule has 0 radical (unpaired) electrons. The summed E-state index contributed by atoms with van der Waals surface area (Å²) in [6.45, 7) is 9.47. The van der Waals surface area contributed by atoms with E-state index in [-0.39, 0.29) is 17.1 Å². The molecule has 2 heterocycles. The number of anilines is 1. The second-order valence-corrected chi connectivity index (χ2v) is 8.99. The molecule has 1 saturated heterocycles. The molecular weight excluding hydrogens is 357 g/mol. The van der Waals surface area contributed by atoms with Gasteiger partial charge in [-0.25, -0.2) is 4.39 Å². The maximum Gasteiger partial charge on any atom is 0.276 e. The third kappa shape index (κ3) is 3.64. The summed E-state index contributed by atoms with van der Waals surface area (Å²) in [5.74, 6) is 1.15. The van der Waals surface area contributed by atoms with Crippen molar-refractivity contribution in [1.29, 1.82) is 0 Å². The number of rotatable bonds is 2. The fraction of sp³-hybridized carbons (Fsp3) is 0.545. The van der Waals surface area contributed by atoms with Crippen molar-refractivity contribution in [1.82, 2.24) is 10.1 Å². The molecule has 150 valence electrons. The first kappa shape index (κ1) is 19.0. The fourth-order valence-electron chi connectivity index (χ4n) is 4.28. The molecule has 0 N–H and O–H groups in total. The number of piperazine rings is 1. The highest BCUT2D eigenvalue weighted by Gasteiger charge is 2.35. The molecule has 5 nitrogen and oxygen atoms in total. The highest BCUT2D eigenvalue weighted by Crippen LogP contribution is 2.38. The molecule has 2 aromatic rings. The predicted molar refractivity (Wildman–Crippen MR) is 106 cm³/mol. The number of hydrogen-bond acceptors (Lipinski definition) is 4. The van der Waals surface area contributed by atoms with Gasteiger partial charge in [0.15, 0.2) is 5.69 Å². The third-order valence-corrected chi connectivity index (χ3v) is 6.23. The molecule has 6 heteroatoms. The minimum Gasteiger partial charge on any atom is -0.368 e. The van der Waals surface area contributed by atoms with Gasteiger partial charge in [0.1, 0.15) is 11.6 Å². The molecule has 1 aromatic heterocycles. The topological polar surface area (TPSA) is 49.6 Å². The van der Waals surface area contributed by atoms with Gasteiger partial charge in [0, 0.05) is 43.9 Å². The van der Waals surface area contributed by atoms with Gasteiger partial charge in [-0.05, 0) is 48.4 Å². The zero-order valence-corrected chi connectivity index (χ0v) is 16.9. The number of aryl methyl sites for hydroxylation is 1. The van der Waals surface area contributed by atoms with E-state index in [9.17, 15) is 9.18 Å². The summed E-state index contributed by atoms with van der Waals surface area (Å²) in [4.78, 5) is 17.1. The van der Waals surface area contributed by atoms with Crippen LogP contribution in [-0.4, -0.2) is 42.1 Å². The summed E-state index contributed by atoms with van der Waals surface area (Å²) in [6.07, 6.45) is 2.80. The van der Waals surface area contributed by atoms with Crippen LogP contribution in [0.1, 0.15) is 49.0 Å². The van der Waals surface area contributed by atoms with E-state index in [1.54, 1.807) is 12.1 Å². The van der Waals surface area contributed by atoms with Crippen molar-refractivity contribution in [2.75, 3.05) is 31.1 Å². The second kappa shape index (κ2) is 7.22. The molecule has 1 aliphatic carbocycles. The van der Waals surface area contributed by atoms with Crippen molar-refractivity contribution >= 4 is 11.6 Å². The number of carbonyl (C=O) groups is 1. The van der Waals surface area contributed by atoms with Crippen LogP contribution in [0.25, 0.3) is 0 Å². The molecule has 0 spiro atoms. The normalized spacial score (nSPS) is 20.2. The highest BCUT2D eigenvalue weighted by molar-refractivity contribution is 5.94. The quantitative estimate of drug-likeness (QED) is 0.786. The molecule has 1 fully saturated rings. The van der Waals surface area contributed by atoms with E-state index in [4.69, 9.17) is 4.52 Å². The van der Waals surface area contributed by atoms with E-state index >= 15 is 0 Å². The molecule has 2 aliphatic rings. The van der Waals surface area contributed by atoms with Crippen molar-refractivity contribution in [3.8, 4) is 0 Å². The van der Waals surface area contributed by atoms with Crippen LogP contribution < -0.4 is 4.90 Å². The lowest BCUT2D eigenvalue weighted by atomic mass is 9.71. The minimum absolute atomic E-state index is 0.0293. The van der Waals surface area contributed by atoms with Gasteiger partial charge in [-0.1, -0.05) is 25.9 Å². The van der Waals surface area contributed by atoms with E-state index in [0.29, 0.717) is 24.7 Å². The third-order valence-electron chi connectivity index (χ3n) is 6.23. The lowest BCUT2D eigenvalue weighted by molar-refractivity contribution is 0.0734. The lowest BCUT2D eigenvalue weighted by Gasteiger charge is -2.36. The molecule has 1 atom stereocenters. The summed E-state index contributed by atoms with van der Waals surface area (Å²) in [7, 11) is 0. The van der Waals surface area contributed by atoms with Crippen LogP contribution in [0, 0.1) is 17.2 Å². The van der Waals surface area contributed by atoms with Gasteiger partial charge in [-0.2, -0.15) is 0 Å². The van der Waals surface area contributed by atoms with Crippen LogP contribution >= 0.6 is 0 Å². The molecule has 0 saturated carbocycles. The summed E-state index contributed by atoms with van der Waals surface area (Å²) in [5, 5.41) is 4.15. The minimum atomic E-state index is -0.234. The molecule has 1 aliphatic heterocycles. The van der Waals surface area contributed by atoms with E-state index in [1.165, 1.54) is 12.1 Å². The van der Waals surface area contributed by atoms with Crippen molar-refractivity contribution in [2.24, 2.45) is 11.3 Å². The van der Waals surface area contributed by atoms with Crippen molar-refractivity contribution in [3.05, 3.63) is 47.1 Å². The van der Waals surface area contributed by atoms with Gasteiger partial charge in [0.2, 0.25) is 0 Å². The van der Waals surface area contributed by atoms with Crippen LogP contribution in [0.2, 0.25) is 0 Å². The van der Waals surface area contributed by atoms with Gasteiger partial charge in [-0.15, -0.1) is 0 Å². The number of aromatic nitrogens is 1. The average molecular weight is 385 g/mol. The van der Waals surface area contributed by atoms with E-state index in [1.807, 2.05) is 4.90 Å². The van der Waals surface area contributed by atoms with Crippen molar-refractivity contribution < 1.29 is 13.7 Å². The molecule has 1 aromatic carbocycles. The molecule has 28 heavy (non-hydrogen) atoms. The van der Waals surface area contributed by atoms with E-state index in [0.717, 1.165) is 49.4 Å². The number of amides is 1. The Hall–Kier alpha value is -2.37. The number of carbonyl (C=O) groups excluding carboxylic acids is 1. The summed E-state index contributed by atoms with van der Waals surface area (Å²) >= 11 is 0. The molecule has 0 bridgehead atoms. The zero-order chi connectivity index (χ0) is 19.9. The average Bonchev–Trinajstić information content (AvgIpc) is 3.11. The predicted octanol–water partition coefficient (Wildman–Crippen LogP) is 3.93. The Morgan fingerprint density at radius 1 is 1.14 bits per heavy atom. The number of benzene rings is 1. The number of hydrogen-bond donors (Lipinski definition) is 0. The first-order chi connectivity index (χ1) is 13.3. The second-order valence-electron chi connectivity index (χ2n) is 8.99. The van der Waals surface area contributed by atoms with E-state index < -0.39 is 0 Å². The molecule has 4 rings (SSSR count). The number of nitrogens with zero attached hydrogens (tertiary/aromatic N) is 3. The smallest absolute Gasteiger partial charge is 0.276 e. The van der Waals surface area contributed by atoms with Gasteiger partial charge >= 0.3 is 0 Å². The Morgan fingerprint density at radius 2 is 1.82 bits per heavy atom. The largest absolute Gasteiger partial charge is 0.368 e. The molecule has 0 unspecified atom stereocenters. The standard InChI is InChI=1S/C22H28FN3O2/c1-22(2,3)15-4-9-19-18(14-15)20(24-28-19)21(27)26-12-10-25(11-13-26)17-7-5-16(23)6-8-17/h5-8,15H,4,9-14H2,1-3H3/t15-/m0/s1. The Morgan fingerprint density at radius 3 is 2.46 bits per heavy atom. The van der Waals surface area contributed by atoms with Crippen LogP contribution in [0.15, 0.2) is 28.8 Å². The Bertz CT molecular complexity index is 846. The van der Waals surface area contributed by atoms with Gasteiger partial charge in [-0.3, -0.25) is 4.79 Å². The summed E-state index contributed by atoms with van der Waals surface area (Å²) in [5.41, 5.74) is 2.70. The molecular formula is C22H28FN3O2. The Labute approximate surface area is 165 Å². The SMILES string of the molecule is CC(C)(C)[C@H]1CCc2onc(C(=O)N3CCN(c4ccc(F)cc4)CC3)c2C1. The Balaban J connectivity index is 1.44. The van der Waals surface area contributed by atoms with Crippen LogP contribution in [-0.2, 0) is 12.8 Å². The lowest BCUT2D eigenvalue weighted by Crippen LogP contribution is -2.49. The number of halogens is 1. The van der Waals surface area contributed by atoms with Gasteiger partial charge in [0.05, 0.1) is 0 Å². The van der Waals surface area contributed by atoms with Crippen LogP contribution in [0.5, 0.6) is 0 Å². The molecule has 1 amide bonds. The maximum absolute atomic E-state index is 13.1. The summed E-state index contributed by atoms with van der Waals surface area (Å²) in [6, 6.07) is 6.52. The van der Waals surface area contributed by atoms with Gasteiger partial charge in [0.25, 0.3) is 5.91 Å².